The molecular formula is C19H21N3O3S. The molecular weight excluding hydrogens is 350 g/mol. The maximum absolute atomic E-state index is 5.52. The lowest BCUT2D eigenvalue weighted by atomic mass is 10.2. The molecule has 0 bridgehead atoms. The summed E-state index contributed by atoms with van der Waals surface area (Å²) in [5, 5.41) is 7.51. The van der Waals surface area contributed by atoms with Gasteiger partial charge in [0.1, 0.15) is 12.4 Å². The van der Waals surface area contributed by atoms with Crippen LogP contribution in [0.25, 0.3) is 0 Å². The fourth-order valence-electron chi connectivity index (χ4n) is 2.10. The van der Waals surface area contributed by atoms with E-state index >= 15 is 0 Å². The Bertz CT molecular complexity index is 793. The minimum Gasteiger partial charge on any atom is -0.495 e. The maximum atomic E-state index is 5.52. The predicted octanol–water partition coefficient (Wildman–Crippen LogP) is 3.59. The average molecular weight is 371 g/mol. The summed E-state index contributed by atoms with van der Waals surface area (Å²) in [5.74, 6) is 1.96. The fourth-order valence-corrected chi connectivity index (χ4v) is 2.26. The molecule has 0 saturated carbocycles. The maximum Gasteiger partial charge on any atom is 0.191 e. The van der Waals surface area contributed by atoms with Gasteiger partial charge < -0.3 is 19.5 Å². The van der Waals surface area contributed by atoms with E-state index in [4.69, 9.17) is 26.4 Å². The van der Waals surface area contributed by atoms with Crippen molar-refractivity contribution >= 4 is 29.2 Å². The van der Waals surface area contributed by atoms with Crippen molar-refractivity contribution in [3.63, 3.8) is 0 Å². The Kier molecular flexibility index (Phi) is 7.45. The highest BCUT2D eigenvalue weighted by molar-refractivity contribution is 7.80. The summed E-state index contributed by atoms with van der Waals surface area (Å²) in [4.78, 5) is 0. The molecule has 0 aliphatic heterocycles. The van der Waals surface area contributed by atoms with E-state index in [1.165, 1.54) is 0 Å². The van der Waals surface area contributed by atoms with Crippen LogP contribution in [0.5, 0.6) is 17.2 Å². The highest BCUT2D eigenvalue weighted by atomic mass is 32.1. The van der Waals surface area contributed by atoms with Gasteiger partial charge in [-0.15, -0.1) is 0 Å². The molecule has 2 N–H and O–H groups in total. The van der Waals surface area contributed by atoms with Crippen LogP contribution in [0, 0.1) is 0 Å². The summed E-state index contributed by atoms with van der Waals surface area (Å²) in [6.45, 7) is 4.04. The first-order chi connectivity index (χ1) is 12.7. The quantitative estimate of drug-likeness (QED) is 0.320. The van der Waals surface area contributed by atoms with E-state index in [0.717, 1.165) is 11.3 Å². The molecule has 0 aliphatic rings. The number of hydrogen-bond acceptors (Lipinski definition) is 5. The molecule has 0 atom stereocenters. The van der Waals surface area contributed by atoms with Crippen LogP contribution in [0.15, 0.2) is 60.2 Å². The van der Waals surface area contributed by atoms with Crippen molar-refractivity contribution in [2.45, 2.75) is 0 Å². The lowest BCUT2D eigenvalue weighted by Crippen LogP contribution is -2.24. The van der Waals surface area contributed by atoms with Gasteiger partial charge in [-0.1, -0.05) is 24.8 Å². The third kappa shape index (κ3) is 5.49. The van der Waals surface area contributed by atoms with Crippen molar-refractivity contribution in [1.29, 1.82) is 0 Å². The molecule has 6 nitrogen and oxygen atoms in total. The van der Waals surface area contributed by atoms with Crippen LogP contribution in [0.3, 0.4) is 0 Å². The zero-order valence-electron chi connectivity index (χ0n) is 14.7. The number of rotatable bonds is 8. The SMILES string of the molecule is C=CCOc1ccc(/C=N\NC(=S)Nc2ccccc2OC)cc1OC. The van der Waals surface area contributed by atoms with Gasteiger partial charge in [0.15, 0.2) is 16.6 Å². The van der Waals surface area contributed by atoms with Crippen LogP contribution in [0.2, 0.25) is 0 Å². The molecule has 2 aromatic carbocycles. The molecule has 2 rings (SSSR count). The number of hydrogen-bond donors (Lipinski definition) is 2. The topological polar surface area (TPSA) is 64.1 Å². The molecule has 0 spiro atoms. The van der Waals surface area contributed by atoms with Gasteiger partial charge in [-0.05, 0) is 48.1 Å². The zero-order valence-corrected chi connectivity index (χ0v) is 15.5. The average Bonchev–Trinajstić information content (AvgIpc) is 2.67. The number of methoxy groups -OCH3 is 2. The van der Waals surface area contributed by atoms with Gasteiger partial charge in [0, 0.05) is 0 Å². The smallest absolute Gasteiger partial charge is 0.191 e. The summed E-state index contributed by atoms with van der Waals surface area (Å²) in [5.41, 5.74) is 4.36. The minimum atomic E-state index is 0.351. The van der Waals surface area contributed by atoms with Crippen LogP contribution < -0.4 is 25.0 Å². The van der Waals surface area contributed by atoms with Crippen molar-refractivity contribution < 1.29 is 14.2 Å². The molecule has 0 aliphatic carbocycles. The van der Waals surface area contributed by atoms with Gasteiger partial charge in [0.25, 0.3) is 0 Å². The van der Waals surface area contributed by atoms with E-state index < -0.39 is 0 Å². The van der Waals surface area contributed by atoms with Gasteiger partial charge in [0.05, 0.1) is 26.1 Å². The normalized spacial score (nSPS) is 10.2. The Morgan fingerprint density at radius 3 is 2.62 bits per heavy atom. The van der Waals surface area contributed by atoms with E-state index in [1.54, 1.807) is 26.5 Å². The number of para-hydroxylation sites is 2. The fraction of sp³-hybridized carbons (Fsp3) is 0.158. The molecule has 0 unspecified atom stereocenters. The number of anilines is 1. The number of ether oxygens (including phenoxy) is 3. The first-order valence-corrected chi connectivity index (χ1v) is 8.23. The number of nitrogens with zero attached hydrogens (tertiary/aromatic N) is 1. The van der Waals surface area contributed by atoms with Crippen LogP contribution in [-0.2, 0) is 0 Å². The van der Waals surface area contributed by atoms with E-state index in [0.29, 0.717) is 29.0 Å². The molecule has 7 heteroatoms. The van der Waals surface area contributed by atoms with Crippen molar-refractivity contribution in [3.05, 3.63) is 60.7 Å². The van der Waals surface area contributed by atoms with Crippen LogP contribution >= 0.6 is 12.2 Å². The van der Waals surface area contributed by atoms with Crippen LogP contribution in [0.4, 0.5) is 5.69 Å². The second kappa shape index (κ2) is 10.0. The lowest BCUT2D eigenvalue weighted by Gasteiger charge is -2.11. The number of thiocarbonyl (C=S) groups is 1. The third-order valence-electron chi connectivity index (χ3n) is 3.28. The molecule has 0 amide bonds. The number of hydrazone groups is 1. The molecule has 26 heavy (non-hydrogen) atoms. The molecule has 0 fully saturated rings. The van der Waals surface area contributed by atoms with E-state index in [1.807, 2.05) is 42.5 Å². The first kappa shape index (κ1) is 19.3. The highest BCUT2D eigenvalue weighted by Crippen LogP contribution is 2.27. The Morgan fingerprint density at radius 1 is 1.12 bits per heavy atom. The van der Waals surface area contributed by atoms with Crippen molar-refractivity contribution in [3.8, 4) is 17.2 Å². The van der Waals surface area contributed by atoms with Crippen LogP contribution in [0.1, 0.15) is 5.56 Å². The molecule has 0 heterocycles. The number of benzene rings is 2. The van der Waals surface area contributed by atoms with Gasteiger partial charge in [0.2, 0.25) is 0 Å². The monoisotopic (exact) mass is 371 g/mol. The van der Waals surface area contributed by atoms with E-state index in [2.05, 4.69) is 22.4 Å². The minimum absolute atomic E-state index is 0.351. The van der Waals surface area contributed by atoms with E-state index in [9.17, 15) is 0 Å². The van der Waals surface area contributed by atoms with Crippen molar-refractivity contribution in [1.82, 2.24) is 5.43 Å². The predicted molar refractivity (Wildman–Crippen MR) is 109 cm³/mol. The van der Waals surface area contributed by atoms with Gasteiger partial charge >= 0.3 is 0 Å². The van der Waals surface area contributed by atoms with Gasteiger partial charge in [-0.3, -0.25) is 5.43 Å². The largest absolute Gasteiger partial charge is 0.495 e. The Balaban J connectivity index is 1.97. The summed E-state index contributed by atoms with van der Waals surface area (Å²) >= 11 is 5.23. The van der Waals surface area contributed by atoms with Crippen molar-refractivity contribution in [2.75, 3.05) is 26.1 Å². The summed E-state index contributed by atoms with van der Waals surface area (Å²) in [7, 11) is 3.19. The molecule has 0 aromatic heterocycles. The standard InChI is InChI=1S/C19H21N3O3S/c1-4-11-25-17-10-9-14(12-18(17)24-3)13-20-22-19(26)21-15-7-5-6-8-16(15)23-2/h4-10,12-13H,1,11H2,2-3H3,(H2,21,22,26)/b20-13-. The van der Waals surface area contributed by atoms with Crippen LogP contribution in [-0.4, -0.2) is 32.2 Å². The second-order valence-electron chi connectivity index (χ2n) is 5.03. The Hall–Kier alpha value is -3.06. The Morgan fingerprint density at radius 2 is 1.88 bits per heavy atom. The number of nitrogens with one attached hydrogen (secondary N) is 2. The molecule has 136 valence electrons. The summed E-state index contributed by atoms with van der Waals surface area (Å²) in [6.07, 6.45) is 3.31. The summed E-state index contributed by atoms with van der Waals surface area (Å²) < 4.78 is 16.1. The Labute approximate surface area is 158 Å². The molecule has 0 radical (unpaired) electrons. The van der Waals surface area contributed by atoms with E-state index in [-0.39, 0.29) is 0 Å². The third-order valence-corrected chi connectivity index (χ3v) is 3.47. The lowest BCUT2D eigenvalue weighted by molar-refractivity contribution is 0.326. The molecule has 2 aromatic rings. The van der Waals surface area contributed by atoms with Gasteiger partial charge in [-0.2, -0.15) is 5.10 Å². The van der Waals surface area contributed by atoms with Gasteiger partial charge in [-0.25, -0.2) is 0 Å². The zero-order chi connectivity index (χ0) is 18.8. The second-order valence-corrected chi connectivity index (χ2v) is 5.44. The van der Waals surface area contributed by atoms with Crippen molar-refractivity contribution in [2.24, 2.45) is 5.10 Å². The first-order valence-electron chi connectivity index (χ1n) is 7.82. The summed E-state index contributed by atoms with van der Waals surface area (Å²) in [6, 6.07) is 13.0. The molecule has 0 saturated heterocycles. The highest BCUT2D eigenvalue weighted by Gasteiger charge is 2.05.